The van der Waals surface area contributed by atoms with Gasteiger partial charge in [0.25, 0.3) is 10.0 Å². The van der Waals surface area contributed by atoms with Crippen molar-refractivity contribution < 1.29 is 18.0 Å². The third-order valence-corrected chi connectivity index (χ3v) is 10.8. The summed E-state index contributed by atoms with van der Waals surface area (Å²) in [6.45, 7) is 1.02. The summed E-state index contributed by atoms with van der Waals surface area (Å²) in [6.07, 6.45) is 5.16. The zero-order valence-electron chi connectivity index (χ0n) is 23.6. The van der Waals surface area contributed by atoms with Crippen LogP contribution in [0.2, 0.25) is 20.1 Å². The molecule has 1 unspecified atom stereocenters. The third-order valence-electron chi connectivity index (χ3n) is 7.54. The molecule has 1 aliphatic rings. The molecule has 0 radical (unpaired) electrons. The zero-order valence-corrected chi connectivity index (χ0v) is 27.5. The number of halogens is 4. The zero-order chi connectivity index (χ0) is 31.1. The standard InChI is InChI=1S/C31H33Cl4N3O4S/c1-2-27(31(40)36-21-11-5-3-6-12-21)37(19-23-24(32)15-9-16-25(23)33)29(39)20-38(28-18-10-17-26(34)30(28)35)43(41,42)22-13-7-4-8-14-22/h4,7-10,13-18,21,27H,2-3,5-6,11-12,19-20H2,1H3,(H,36,40). The number of nitrogens with one attached hydrogen (secondary N) is 1. The van der Waals surface area contributed by atoms with E-state index >= 15 is 0 Å². The van der Waals surface area contributed by atoms with Gasteiger partial charge in [-0.25, -0.2) is 8.42 Å². The Hall–Kier alpha value is -2.49. The second kappa shape index (κ2) is 15.0. The molecule has 0 aromatic heterocycles. The van der Waals surface area contributed by atoms with Gasteiger partial charge in [-0.15, -0.1) is 0 Å². The van der Waals surface area contributed by atoms with Crippen LogP contribution >= 0.6 is 46.4 Å². The van der Waals surface area contributed by atoms with Crippen LogP contribution in [0.3, 0.4) is 0 Å². The Morgan fingerprint density at radius 2 is 1.47 bits per heavy atom. The molecule has 1 atom stereocenters. The molecule has 0 bridgehead atoms. The average Bonchev–Trinajstić information content (AvgIpc) is 2.99. The van der Waals surface area contributed by atoms with Crippen LogP contribution < -0.4 is 9.62 Å². The van der Waals surface area contributed by atoms with Crippen LogP contribution in [0, 0.1) is 0 Å². The van der Waals surface area contributed by atoms with Crippen LogP contribution in [0.15, 0.2) is 71.6 Å². The van der Waals surface area contributed by atoms with Gasteiger partial charge in [0, 0.05) is 28.2 Å². The molecule has 7 nitrogen and oxygen atoms in total. The van der Waals surface area contributed by atoms with E-state index in [1.54, 1.807) is 49.4 Å². The molecule has 230 valence electrons. The largest absolute Gasteiger partial charge is 0.352 e. The van der Waals surface area contributed by atoms with Gasteiger partial charge in [-0.1, -0.05) is 103 Å². The van der Waals surface area contributed by atoms with Crippen molar-refractivity contribution in [3.05, 3.63) is 92.4 Å². The predicted molar refractivity (Wildman–Crippen MR) is 174 cm³/mol. The summed E-state index contributed by atoms with van der Waals surface area (Å²) in [4.78, 5) is 29.3. The van der Waals surface area contributed by atoms with Crippen molar-refractivity contribution in [1.29, 1.82) is 0 Å². The minimum Gasteiger partial charge on any atom is -0.352 e. The molecular weight excluding hydrogens is 652 g/mol. The molecule has 12 heteroatoms. The van der Waals surface area contributed by atoms with E-state index in [1.165, 1.54) is 29.2 Å². The third kappa shape index (κ3) is 7.97. The Morgan fingerprint density at radius 3 is 2.09 bits per heavy atom. The van der Waals surface area contributed by atoms with Gasteiger partial charge in [0.15, 0.2) is 0 Å². The Bertz CT molecular complexity index is 1530. The van der Waals surface area contributed by atoms with Gasteiger partial charge in [-0.05, 0) is 55.7 Å². The molecule has 1 saturated carbocycles. The molecule has 0 heterocycles. The van der Waals surface area contributed by atoms with E-state index in [0.29, 0.717) is 15.6 Å². The highest BCUT2D eigenvalue weighted by molar-refractivity contribution is 7.92. The number of hydrogen-bond donors (Lipinski definition) is 1. The maximum absolute atomic E-state index is 14.3. The smallest absolute Gasteiger partial charge is 0.264 e. The van der Waals surface area contributed by atoms with Crippen LogP contribution in [0.1, 0.15) is 51.0 Å². The number of nitrogens with zero attached hydrogens (tertiary/aromatic N) is 2. The molecule has 43 heavy (non-hydrogen) atoms. The van der Waals surface area contributed by atoms with Crippen LogP contribution in [-0.2, 0) is 26.2 Å². The van der Waals surface area contributed by atoms with E-state index in [9.17, 15) is 18.0 Å². The van der Waals surface area contributed by atoms with Gasteiger partial charge in [-0.3, -0.25) is 13.9 Å². The number of sulfonamides is 1. The minimum atomic E-state index is -4.30. The molecule has 2 amide bonds. The monoisotopic (exact) mass is 683 g/mol. The highest BCUT2D eigenvalue weighted by Gasteiger charge is 2.35. The van der Waals surface area contributed by atoms with Crippen molar-refractivity contribution >= 4 is 73.9 Å². The highest BCUT2D eigenvalue weighted by atomic mass is 35.5. The second-order valence-electron chi connectivity index (χ2n) is 10.4. The van der Waals surface area contributed by atoms with Crippen molar-refractivity contribution in [2.45, 2.75) is 69.0 Å². The first-order chi connectivity index (χ1) is 20.5. The molecule has 3 aromatic rings. The van der Waals surface area contributed by atoms with E-state index in [0.717, 1.165) is 36.4 Å². The van der Waals surface area contributed by atoms with Crippen LogP contribution in [0.25, 0.3) is 0 Å². The first-order valence-electron chi connectivity index (χ1n) is 14.1. The lowest BCUT2D eigenvalue weighted by Crippen LogP contribution is -2.54. The quantitative estimate of drug-likeness (QED) is 0.224. The van der Waals surface area contributed by atoms with E-state index in [2.05, 4.69) is 5.32 Å². The van der Waals surface area contributed by atoms with Crippen molar-refractivity contribution in [2.24, 2.45) is 0 Å². The van der Waals surface area contributed by atoms with Gasteiger partial charge < -0.3 is 10.2 Å². The molecule has 3 aromatic carbocycles. The minimum absolute atomic E-state index is 0.0105. The summed E-state index contributed by atoms with van der Waals surface area (Å²) in [5, 5.41) is 3.84. The molecule has 0 spiro atoms. The lowest BCUT2D eigenvalue weighted by Gasteiger charge is -2.35. The first-order valence-corrected chi connectivity index (χ1v) is 17.0. The molecule has 1 aliphatic carbocycles. The fourth-order valence-electron chi connectivity index (χ4n) is 5.24. The fourth-order valence-corrected chi connectivity index (χ4v) is 7.65. The van der Waals surface area contributed by atoms with Crippen molar-refractivity contribution in [3.63, 3.8) is 0 Å². The van der Waals surface area contributed by atoms with Gasteiger partial charge >= 0.3 is 0 Å². The Balaban J connectivity index is 1.76. The Labute approximate surface area is 273 Å². The Kier molecular flexibility index (Phi) is 11.6. The first kappa shape index (κ1) is 33.4. The topological polar surface area (TPSA) is 86.8 Å². The molecule has 4 rings (SSSR count). The summed E-state index contributed by atoms with van der Waals surface area (Å²) >= 11 is 25.8. The van der Waals surface area contributed by atoms with Gasteiger partial charge in [-0.2, -0.15) is 0 Å². The van der Waals surface area contributed by atoms with Crippen molar-refractivity contribution in [3.8, 4) is 0 Å². The van der Waals surface area contributed by atoms with Crippen molar-refractivity contribution in [1.82, 2.24) is 10.2 Å². The number of amides is 2. The number of rotatable bonds is 11. The lowest BCUT2D eigenvalue weighted by molar-refractivity contribution is -0.140. The van der Waals surface area contributed by atoms with E-state index in [1.807, 2.05) is 0 Å². The normalized spacial score (nSPS) is 14.6. The number of benzene rings is 3. The summed E-state index contributed by atoms with van der Waals surface area (Å²) in [6, 6.07) is 16.3. The van der Waals surface area contributed by atoms with Gasteiger partial charge in [0.2, 0.25) is 11.8 Å². The van der Waals surface area contributed by atoms with E-state index in [-0.39, 0.29) is 45.5 Å². The summed E-state index contributed by atoms with van der Waals surface area (Å²) < 4.78 is 28.9. The van der Waals surface area contributed by atoms with Crippen LogP contribution in [0.5, 0.6) is 0 Å². The SMILES string of the molecule is CCC(C(=O)NC1CCCCC1)N(Cc1c(Cl)cccc1Cl)C(=O)CN(c1cccc(Cl)c1Cl)S(=O)(=O)c1ccccc1. The highest BCUT2D eigenvalue weighted by Crippen LogP contribution is 2.36. The summed E-state index contributed by atoms with van der Waals surface area (Å²) in [7, 11) is -4.30. The average molecular weight is 686 g/mol. The van der Waals surface area contributed by atoms with Crippen LogP contribution in [0.4, 0.5) is 5.69 Å². The number of carbonyl (C=O) groups excluding carboxylic acids is 2. The second-order valence-corrected chi connectivity index (χ2v) is 13.8. The molecule has 1 fully saturated rings. The van der Waals surface area contributed by atoms with Gasteiger partial charge in [0.05, 0.1) is 20.6 Å². The lowest BCUT2D eigenvalue weighted by atomic mass is 9.95. The number of carbonyl (C=O) groups is 2. The number of anilines is 1. The van der Waals surface area contributed by atoms with E-state index in [4.69, 9.17) is 46.4 Å². The number of hydrogen-bond acceptors (Lipinski definition) is 4. The molecule has 0 saturated heterocycles. The van der Waals surface area contributed by atoms with Crippen LogP contribution in [-0.4, -0.2) is 43.8 Å². The summed E-state index contributed by atoms with van der Waals surface area (Å²) in [5.74, 6) is -0.957. The summed E-state index contributed by atoms with van der Waals surface area (Å²) in [5.41, 5.74) is 0.475. The van der Waals surface area contributed by atoms with E-state index < -0.39 is 28.5 Å². The maximum Gasteiger partial charge on any atom is 0.264 e. The molecule has 0 aliphatic heterocycles. The van der Waals surface area contributed by atoms with Gasteiger partial charge in [0.1, 0.15) is 12.6 Å². The molecular formula is C31H33Cl4N3O4S. The van der Waals surface area contributed by atoms with Crippen molar-refractivity contribution in [2.75, 3.05) is 10.8 Å². The fraction of sp³-hybridized carbons (Fsp3) is 0.355. The molecule has 1 N–H and O–H groups in total. The maximum atomic E-state index is 14.3. The Morgan fingerprint density at radius 1 is 0.860 bits per heavy atom. The predicted octanol–water partition coefficient (Wildman–Crippen LogP) is 7.75.